The topological polar surface area (TPSA) is 27.7 Å². The number of hydrogen-bond acceptors (Lipinski definition) is 3. The maximum Gasteiger partial charge on any atom is 0.173 e. The van der Waals surface area contributed by atoms with Gasteiger partial charge in [-0.2, -0.15) is 0 Å². The number of benzene rings is 2. The Morgan fingerprint density at radius 2 is 0.769 bits per heavy atom. The van der Waals surface area contributed by atoms with Gasteiger partial charge in [0.05, 0.1) is 0 Å². The third-order valence-electron chi connectivity index (χ3n) is 8.81. The van der Waals surface area contributed by atoms with Crippen LogP contribution >= 0.6 is 0 Å². The Labute approximate surface area is 240 Å². The normalized spacial score (nSPS) is 11.3. The molecule has 3 heteroatoms. The Balaban J connectivity index is 2.03. The molecule has 0 N–H and O–H groups in total. The van der Waals surface area contributed by atoms with Crippen molar-refractivity contribution in [2.24, 2.45) is 0 Å². The second kappa shape index (κ2) is 18.4. The molecule has 3 nitrogen and oxygen atoms in total. The van der Waals surface area contributed by atoms with Crippen molar-refractivity contribution in [3.8, 4) is 11.5 Å². The summed E-state index contributed by atoms with van der Waals surface area (Å²) in [5, 5.41) is 5.53. The quantitative estimate of drug-likeness (QED) is 0.0953. The van der Waals surface area contributed by atoms with Crippen LogP contribution in [-0.2, 0) is 17.9 Å². The second-order valence-corrected chi connectivity index (χ2v) is 11.8. The van der Waals surface area contributed by atoms with Crippen molar-refractivity contribution in [1.82, 2.24) is 0 Å². The van der Waals surface area contributed by atoms with Gasteiger partial charge in [-0.05, 0) is 113 Å². The lowest BCUT2D eigenvalue weighted by Crippen LogP contribution is -2.09. The summed E-state index contributed by atoms with van der Waals surface area (Å²) in [4.78, 5) is 11.8. The number of aryl methyl sites for hydroxylation is 2. The van der Waals surface area contributed by atoms with Crippen LogP contribution in [0.3, 0.4) is 0 Å². The van der Waals surface area contributed by atoms with Gasteiger partial charge in [0.1, 0.15) is 0 Å². The van der Waals surface area contributed by atoms with Crippen LogP contribution in [0, 0.1) is 41.5 Å². The monoisotopic (exact) mass is 538 g/mol. The van der Waals surface area contributed by atoms with E-state index in [1.165, 1.54) is 134 Å². The zero-order chi connectivity index (χ0) is 28.6. The third kappa shape index (κ3) is 10.8. The Bertz CT molecular complexity index is 912. The van der Waals surface area contributed by atoms with E-state index in [0.717, 1.165) is 24.3 Å². The zero-order valence-electron chi connectivity index (χ0n) is 26.7. The Morgan fingerprint density at radius 1 is 0.436 bits per heavy atom. The molecule has 39 heavy (non-hydrogen) atoms. The summed E-state index contributed by atoms with van der Waals surface area (Å²) in [6.45, 7) is 17.6. The first-order valence-electron chi connectivity index (χ1n) is 16.0. The molecule has 0 spiro atoms. The maximum atomic E-state index is 5.89. The van der Waals surface area contributed by atoms with E-state index in [0.29, 0.717) is 0 Å². The number of unbranched alkanes of at least 4 members (excludes halogenated alkanes) is 12. The number of hydrogen-bond donors (Lipinski definition) is 0. The van der Waals surface area contributed by atoms with Crippen LogP contribution in [0.1, 0.15) is 148 Å². The molecule has 2 aromatic rings. The van der Waals surface area contributed by atoms with Gasteiger partial charge in [0.2, 0.25) is 0 Å². The maximum absolute atomic E-state index is 5.89. The van der Waals surface area contributed by atoms with Crippen LogP contribution in [0.5, 0.6) is 11.5 Å². The van der Waals surface area contributed by atoms with Gasteiger partial charge >= 0.3 is 0 Å². The Kier molecular flexibility index (Phi) is 15.6. The van der Waals surface area contributed by atoms with E-state index in [1.807, 2.05) is 0 Å². The lowest BCUT2D eigenvalue weighted by Gasteiger charge is -2.18. The highest BCUT2D eigenvalue weighted by atomic mass is 17.5. The first-order chi connectivity index (χ1) is 18.8. The molecule has 0 unspecified atom stereocenters. The molecular formula is C36H58O3. The fourth-order valence-corrected chi connectivity index (χ4v) is 5.58. The van der Waals surface area contributed by atoms with Crippen molar-refractivity contribution in [2.75, 3.05) is 0 Å². The molecule has 0 aliphatic heterocycles. The molecule has 0 saturated carbocycles. The molecule has 0 fully saturated rings. The van der Waals surface area contributed by atoms with Gasteiger partial charge in [-0.15, -0.1) is 0 Å². The second-order valence-electron chi connectivity index (χ2n) is 11.8. The molecule has 2 rings (SSSR count). The molecular weight excluding hydrogens is 480 g/mol. The fraction of sp³-hybridized carbons (Fsp3) is 0.667. The van der Waals surface area contributed by atoms with Crippen LogP contribution in [0.2, 0.25) is 0 Å². The molecule has 0 bridgehead atoms. The van der Waals surface area contributed by atoms with Crippen molar-refractivity contribution in [3.63, 3.8) is 0 Å². The molecule has 0 amide bonds. The van der Waals surface area contributed by atoms with Crippen LogP contribution < -0.4 is 9.78 Å². The Morgan fingerprint density at radius 3 is 1.13 bits per heavy atom. The van der Waals surface area contributed by atoms with Gasteiger partial charge in [-0.1, -0.05) is 90.9 Å². The van der Waals surface area contributed by atoms with E-state index in [4.69, 9.17) is 14.8 Å². The summed E-state index contributed by atoms with van der Waals surface area (Å²) in [6, 6.07) is 4.21. The van der Waals surface area contributed by atoms with E-state index < -0.39 is 0 Å². The van der Waals surface area contributed by atoms with Crippen LogP contribution in [0.15, 0.2) is 12.1 Å². The minimum Gasteiger partial charge on any atom is -0.299 e. The standard InChI is InChI=1S/C36H58O3/c1-9-11-13-15-17-19-21-23-33-31(7)29(5)27(3)25-35(33)37-39-38-36-26-28(4)30(6)32(8)34(36)24-22-20-18-16-14-12-10-2/h25-26H,9-24H2,1-8H3. The van der Waals surface area contributed by atoms with Crippen molar-refractivity contribution < 1.29 is 14.8 Å². The van der Waals surface area contributed by atoms with Gasteiger partial charge < -0.3 is 0 Å². The highest BCUT2D eigenvalue weighted by Gasteiger charge is 2.16. The van der Waals surface area contributed by atoms with Crippen molar-refractivity contribution >= 4 is 0 Å². The van der Waals surface area contributed by atoms with Crippen molar-refractivity contribution in [3.05, 3.63) is 56.6 Å². The van der Waals surface area contributed by atoms with Crippen LogP contribution in [-0.4, -0.2) is 0 Å². The predicted octanol–water partition coefficient (Wildman–Crippen LogP) is 11.4. The average molecular weight is 539 g/mol. The molecule has 2 aromatic carbocycles. The zero-order valence-corrected chi connectivity index (χ0v) is 26.7. The summed E-state index contributed by atoms with van der Waals surface area (Å²) < 4.78 is 0. The van der Waals surface area contributed by atoms with Gasteiger partial charge in [0.25, 0.3) is 0 Å². The minimum atomic E-state index is 0.788. The van der Waals surface area contributed by atoms with Crippen molar-refractivity contribution in [2.45, 2.75) is 158 Å². The largest absolute Gasteiger partial charge is 0.299 e. The van der Waals surface area contributed by atoms with Crippen LogP contribution in [0.4, 0.5) is 0 Å². The Hall–Kier alpha value is -2.00. The molecule has 220 valence electrons. The van der Waals surface area contributed by atoms with E-state index in [9.17, 15) is 0 Å². The molecule has 0 aliphatic rings. The van der Waals surface area contributed by atoms with Gasteiger partial charge in [-0.25, -0.2) is 0 Å². The van der Waals surface area contributed by atoms with E-state index >= 15 is 0 Å². The predicted molar refractivity (Wildman–Crippen MR) is 167 cm³/mol. The highest BCUT2D eigenvalue weighted by molar-refractivity contribution is 5.49. The van der Waals surface area contributed by atoms with Gasteiger partial charge in [-0.3, -0.25) is 9.78 Å². The lowest BCUT2D eigenvalue weighted by atomic mass is 9.94. The SMILES string of the molecule is CCCCCCCCCc1c(OOOc2cc(C)c(C)c(C)c2CCCCCCCCC)cc(C)c(C)c1C. The van der Waals surface area contributed by atoms with Crippen LogP contribution in [0.25, 0.3) is 0 Å². The molecule has 0 aromatic heterocycles. The molecule has 0 radical (unpaired) electrons. The first-order valence-corrected chi connectivity index (χ1v) is 16.0. The van der Waals surface area contributed by atoms with E-state index in [-0.39, 0.29) is 0 Å². The summed E-state index contributed by atoms with van der Waals surface area (Å²) in [7, 11) is 0. The molecule has 0 aliphatic carbocycles. The molecule has 0 atom stereocenters. The average Bonchev–Trinajstić information content (AvgIpc) is 2.92. The summed E-state index contributed by atoms with van der Waals surface area (Å²) in [5.74, 6) is 1.58. The van der Waals surface area contributed by atoms with Gasteiger partial charge in [0.15, 0.2) is 11.5 Å². The van der Waals surface area contributed by atoms with Crippen molar-refractivity contribution in [1.29, 1.82) is 0 Å². The highest BCUT2D eigenvalue weighted by Crippen LogP contribution is 2.32. The number of rotatable bonds is 20. The fourth-order valence-electron chi connectivity index (χ4n) is 5.58. The summed E-state index contributed by atoms with van der Waals surface area (Å²) in [6.07, 6.45) is 20.2. The summed E-state index contributed by atoms with van der Waals surface area (Å²) >= 11 is 0. The molecule has 0 saturated heterocycles. The van der Waals surface area contributed by atoms with Gasteiger partial charge in [0, 0.05) is 16.2 Å². The lowest BCUT2D eigenvalue weighted by molar-refractivity contribution is -0.411. The minimum absolute atomic E-state index is 0.788. The molecule has 0 heterocycles. The third-order valence-corrected chi connectivity index (χ3v) is 8.81. The van der Waals surface area contributed by atoms with E-state index in [1.54, 1.807) is 0 Å². The smallest absolute Gasteiger partial charge is 0.173 e. The summed E-state index contributed by atoms with van der Waals surface area (Å²) in [5.41, 5.74) is 10.2. The van der Waals surface area contributed by atoms with E-state index in [2.05, 4.69) is 67.5 Å². The first kappa shape index (κ1) is 33.2.